The van der Waals surface area contributed by atoms with Crippen LogP contribution in [0.25, 0.3) is 0 Å². The molecule has 1 aromatic rings. The van der Waals surface area contributed by atoms with Crippen LogP contribution in [0.3, 0.4) is 0 Å². The van der Waals surface area contributed by atoms with E-state index in [9.17, 15) is 4.79 Å². The molecule has 1 unspecified atom stereocenters. The number of aliphatic hydroxyl groups is 1. The van der Waals surface area contributed by atoms with Crippen molar-refractivity contribution in [2.24, 2.45) is 5.92 Å². The monoisotopic (exact) mass is 301 g/mol. The second-order valence-electron chi connectivity index (χ2n) is 4.95. The maximum atomic E-state index is 12.0. The van der Waals surface area contributed by atoms with Gasteiger partial charge in [0.15, 0.2) is 0 Å². The molecule has 0 aromatic heterocycles. The molecule has 3 nitrogen and oxygen atoms in total. The molecule has 2 rings (SSSR count). The van der Waals surface area contributed by atoms with Crippen molar-refractivity contribution >= 4 is 29.1 Å². The molecule has 1 aliphatic carbocycles. The largest absolute Gasteiger partial charge is 0.396 e. The van der Waals surface area contributed by atoms with E-state index in [4.69, 9.17) is 28.3 Å². The average Bonchev–Trinajstić information content (AvgIpc) is 3.17. The summed E-state index contributed by atoms with van der Waals surface area (Å²) < 4.78 is 0. The summed E-state index contributed by atoms with van der Waals surface area (Å²) in [7, 11) is 0. The molecule has 19 heavy (non-hydrogen) atoms. The fraction of sp³-hybridized carbons (Fsp3) is 0.500. The molecule has 1 aliphatic rings. The van der Waals surface area contributed by atoms with Gasteiger partial charge in [0.2, 0.25) is 5.91 Å². The van der Waals surface area contributed by atoms with Crippen LogP contribution < -0.4 is 5.32 Å². The molecule has 1 fully saturated rings. The first kappa shape index (κ1) is 14.6. The molecule has 1 saturated carbocycles. The number of hydrogen-bond donors (Lipinski definition) is 2. The highest BCUT2D eigenvalue weighted by molar-refractivity contribution is 6.42. The zero-order chi connectivity index (χ0) is 13.8. The number of halogens is 2. The van der Waals surface area contributed by atoms with E-state index in [0.29, 0.717) is 22.4 Å². The van der Waals surface area contributed by atoms with Gasteiger partial charge in [0.1, 0.15) is 0 Å². The molecule has 0 saturated heterocycles. The Morgan fingerprint density at radius 2 is 2.11 bits per heavy atom. The molecule has 0 bridgehead atoms. The van der Waals surface area contributed by atoms with Gasteiger partial charge in [0.05, 0.1) is 16.5 Å². The Balaban J connectivity index is 1.90. The minimum atomic E-state index is -0.0382. The van der Waals surface area contributed by atoms with Crippen LogP contribution in [0.5, 0.6) is 0 Å². The molecule has 0 aliphatic heterocycles. The van der Waals surface area contributed by atoms with Crippen LogP contribution in [0.15, 0.2) is 18.2 Å². The first-order valence-corrected chi connectivity index (χ1v) is 7.20. The predicted molar refractivity (Wildman–Crippen MR) is 76.5 cm³/mol. The lowest BCUT2D eigenvalue weighted by atomic mass is 10.1. The lowest BCUT2D eigenvalue weighted by Crippen LogP contribution is -2.38. The zero-order valence-electron chi connectivity index (χ0n) is 10.5. The second kappa shape index (κ2) is 6.60. The quantitative estimate of drug-likeness (QED) is 0.849. The van der Waals surface area contributed by atoms with E-state index in [1.54, 1.807) is 18.2 Å². The first-order chi connectivity index (χ1) is 9.10. The van der Waals surface area contributed by atoms with E-state index in [1.807, 2.05) is 0 Å². The molecule has 5 heteroatoms. The van der Waals surface area contributed by atoms with Gasteiger partial charge in [-0.3, -0.25) is 4.79 Å². The van der Waals surface area contributed by atoms with Crippen LogP contribution in [0.2, 0.25) is 10.0 Å². The molecule has 0 radical (unpaired) electrons. The lowest BCUT2D eigenvalue weighted by Gasteiger charge is -2.17. The normalized spacial score (nSPS) is 16.2. The molecule has 1 aromatic carbocycles. The Morgan fingerprint density at radius 3 is 2.68 bits per heavy atom. The minimum Gasteiger partial charge on any atom is -0.396 e. The standard InChI is InChI=1S/C14H17Cl2NO2/c15-11-4-1-9(7-12(11)16)8-14(19)17-13(5-6-18)10-2-3-10/h1,4,7,10,13,18H,2-3,5-6,8H2,(H,17,19). The molecule has 1 amide bonds. The van der Waals surface area contributed by atoms with Crippen LogP contribution in [-0.4, -0.2) is 23.7 Å². The molecule has 0 heterocycles. The van der Waals surface area contributed by atoms with Gasteiger partial charge >= 0.3 is 0 Å². The number of aliphatic hydroxyl groups excluding tert-OH is 1. The number of nitrogens with one attached hydrogen (secondary N) is 1. The number of rotatable bonds is 6. The maximum Gasteiger partial charge on any atom is 0.224 e. The van der Waals surface area contributed by atoms with Crippen LogP contribution in [-0.2, 0) is 11.2 Å². The summed E-state index contributed by atoms with van der Waals surface area (Å²) in [5.41, 5.74) is 0.838. The summed E-state index contributed by atoms with van der Waals surface area (Å²) in [6.45, 7) is 0.105. The van der Waals surface area contributed by atoms with Crippen LogP contribution in [0, 0.1) is 5.92 Å². The summed E-state index contributed by atoms with van der Waals surface area (Å²) >= 11 is 11.7. The Kier molecular flexibility index (Phi) is 5.08. The van der Waals surface area contributed by atoms with Gasteiger partial charge in [-0.2, -0.15) is 0 Å². The van der Waals surface area contributed by atoms with E-state index >= 15 is 0 Å². The summed E-state index contributed by atoms with van der Waals surface area (Å²) in [5.74, 6) is 0.494. The summed E-state index contributed by atoms with van der Waals surface area (Å²) in [6, 6.07) is 5.30. The SMILES string of the molecule is O=C(Cc1ccc(Cl)c(Cl)c1)NC(CCO)C1CC1. The van der Waals surface area contributed by atoms with Gasteiger partial charge in [0.25, 0.3) is 0 Å². The fourth-order valence-corrected chi connectivity index (χ4v) is 2.48. The van der Waals surface area contributed by atoms with Crippen molar-refractivity contribution in [3.05, 3.63) is 33.8 Å². The molecular weight excluding hydrogens is 285 g/mol. The molecule has 1 atom stereocenters. The van der Waals surface area contributed by atoms with Crippen molar-refractivity contribution in [1.29, 1.82) is 0 Å². The molecule has 2 N–H and O–H groups in total. The van der Waals surface area contributed by atoms with E-state index in [-0.39, 0.29) is 25.0 Å². The van der Waals surface area contributed by atoms with Crippen LogP contribution >= 0.6 is 23.2 Å². The average molecular weight is 302 g/mol. The van der Waals surface area contributed by atoms with E-state index < -0.39 is 0 Å². The summed E-state index contributed by atoms with van der Waals surface area (Å²) in [5, 5.41) is 12.9. The van der Waals surface area contributed by atoms with Crippen LogP contribution in [0.4, 0.5) is 0 Å². The van der Waals surface area contributed by atoms with Crippen molar-refractivity contribution < 1.29 is 9.90 Å². The van der Waals surface area contributed by atoms with Gasteiger partial charge in [0, 0.05) is 12.6 Å². The molecular formula is C14H17Cl2NO2. The van der Waals surface area contributed by atoms with Crippen molar-refractivity contribution in [2.45, 2.75) is 31.7 Å². The fourth-order valence-electron chi connectivity index (χ4n) is 2.16. The first-order valence-electron chi connectivity index (χ1n) is 6.44. The summed E-state index contributed by atoms with van der Waals surface area (Å²) in [4.78, 5) is 12.0. The second-order valence-corrected chi connectivity index (χ2v) is 5.76. The number of benzene rings is 1. The van der Waals surface area contributed by atoms with Gasteiger partial charge in [-0.25, -0.2) is 0 Å². The van der Waals surface area contributed by atoms with Gasteiger partial charge in [-0.1, -0.05) is 29.3 Å². The van der Waals surface area contributed by atoms with E-state index in [1.165, 1.54) is 0 Å². The Morgan fingerprint density at radius 1 is 1.37 bits per heavy atom. The third kappa shape index (κ3) is 4.37. The third-order valence-corrected chi connectivity index (χ3v) is 4.07. The molecule has 0 spiro atoms. The van der Waals surface area contributed by atoms with Crippen molar-refractivity contribution in [3.63, 3.8) is 0 Å². The number of amides is 1. The van der Waals surface area contributed by atoms with Gasteiger partial charge < -0.3 is 10.4 Å². The zero-order valence-corrected chi connectivity index (χ0v) is 12.0. The lowest BCUT2D eigenvalue weighted by molar-refractivity contribution is -0.121. The maximum absolute atomic E-state index is 12.0. The highest BCUT2D eigenvalue weighted by Gasteiger charge is 2.31. The number of carbonyl (C=O) groups is 1. The minimum absolute atomic E-state index is 0.0382. The number of hydrogen-bond acceptors (Lipinski definition) is 2. The Labute approximate surface area is 122 Å². The highest BCUT2D eigenvalue weighted by atomic mass is 35.5. The van der Waals surface area contributed by atoms with Crippen molar-refractivity contribution in [1.82, 2.24) is 5.32 Å². The Bertz CT molecular complexity index is 461. The Hall–Kier alpha value is -0.770. The highest BCUT2D eigenvalue weighted by Crippen LogP contribution is 2.34. The van der Waals surface area contributed by atoms with Gasteiger partial charge in [-0.05, 0) is 42.9 Å². The third-order valence-electron chi connectivity index (χ3n) is 3.33. The van der Waals surface area contributed by atoms with Crippen LogP contribution in [0.1, 0.15) is 24.8 Å². The summed E-state index contributed by atoms with van der Waals surface area (Å²) in [6.07, 6.45) is 3.18. The molecule has 104 valence electrons. The van der Waals surface area contributed by atoms with E-state index in [2.05, 4.69) is 5.32 Å². The van der Waals surface area contributed by atoms with Crippen molar-refractivity contribution in [2.75, 3.05) is 6.61 Å². The smallest absolute Gasteiger partial charge is 0.224 e. The van der Waals surface area contributed by atoms with Crippen molar-refractivity contribution in [3.8, 4) is 0 Å². The number of carbonyl (C=O) groups excluding carboxylic acids is 1. The van der Waals surface area contributed by atoms with Gasteiger partial charge in [-0.15, -0.1) is 0 Å². The van der Waals surface area contributed by atoms with E-state index in [0.717, 1.165) is 18.4 Å². The topological polar surface area (TPSA) is 49.3 Å². The predicted octanol–water partition coefficient (Wildman–Crippen LogP) is 2.81.